The van der Waals surface area contributed by atoms with Crippen molar-refractivity contribution in [1.82, 2.24) is 20.9 Å². The summed E-state index contributed by atoms with van der Waals surface area (Å²) in [6.45, 7) is 6.13. The minimum atomic E-state index is -1.17. The van der Waals surface area contributed by atoms with Crippen LogP contribution in [0.25, 0.3) is 0 Å². The maximum absolute atomic E-state index is 12.4. The largest absolute Gasteiger partial charge is 0.481 e. The van der Waals surface area contributed by atoms with Gasteiger partial charge in [-0.05, 0) is 38.0 Å². The van der Waals surface area contributed by atoms with Gasteiger partial charge in [0.05, 0.1) is 26.4 Å². The molecular weight excluding hydrogens is 736 g/mol. The first-order chi connectivity index (χ1) is 27.4. The zero-order valence-electron chi connectivity index (χ0n) is 35.0. The molecule has 0 aromatic heterocycles. The van der Waals surface area contributed by atoms with Crippen molar-refractivity contribution >= 4 is 41.5 Å². The van der Waals surface area contributed by atoms with Crippen molar-refractivity contribution in [2.75, 3.05) is 46.1 Å². The first kappa shape index (κ1) is 51.4. The average Bonchev–Trinajstić information content (AvgIpc) is 3.45. The number of nitrogens with one attached hydrogen (secondary N) is 3. The SMILES string of the molecule is CC(C)C1CC(=O)N(CCCCCC(=O)NCCOCCOCCNC(=O)CCC(NC(=O)CCCCCCCCCCCCCCCCC(=O)O)C(=O)O)C1=O. The maximum Gasteiger partial charge on any atom is 0.326 e. The second-order valence-corrected chi connectivity index (χ2v) is 15.5. The summed E-state index contributed by atoms with van der Waals surface area (Å²) in [7, 11) is 0. The second kappa shape index (κ2) is 33.4. The van der Waals surface area contributed by atoms with Gasteiger partial charge in [0.15, 0.2) is 0 Å². The fourth-order valence-electron chi connectivity index (χ4n) is 6.70. The molecule has 0 aromatic carbocycles. The van der Waals surface area contributed by atoms with Crippen molar-refractivity contribution in [3.05, 3.63) is 0 Å². The number of imide groups is 1. The number of likely N-dealkylation sites (tertiary alicyclic amines) is 1. The van der Waals surface area contributed by atoms with E-state index < -0.39 is 18.0 Å². The maximum atomic E-state index is 12.4. The molecule has 0 radical (unpaired) electrons. The molecule has 1 heterocycles. The van der Waals surface area contributed by atoms with Gasteiger partial charge in [-0.15, -0.1) is 0 Å². The van der Waals surface area contributed by atoms with Gasteiger partial charge in [0.2, 0.25) is 29.5 Å². The van der Waals surface area contributed by atoms with Crippen LogP contribution >= 0.6 is 0 Å². The van der Waals surface area contributed by atoms with E-state index in [9.17, 15) is 38.7 Å². The lowest BCUT2D eigenvalue weighted by atomic mass is 9.94. The molecule has 57 heavy (non-hydrogen) atoms. The third-order valence-corrected chi connectivity index (χ3v) is 10.2. The molecule has 5 N–H and O–H groups in total. The third-order valence-electron chi connectivity index (χ3n) is 10.2. The zero-order valence-corrected chi connectivity index (χ0v) is 35.0. The molecule has 1 fully saturated rings. The number of ether oxygens (including phenoxy) is 2. The molecule has 0 saturated carbocycles. The smallest absolute Gasteiger partial charge is 0.326 e. The van der Waals surface area contributed by atoms with E-state index in [2.05, 4.69) is 16.0 Å². The van der Waals surface area contributed by atoms with Gasteiger partial charge in [0.25, 0.3) is 0 Å². The van der Waals surface area contributed by atoms with E-state index in [-0.39, 0.29) is 80.2 Å². The quantitative estimate of drug-likeness (QED) is 0.0386. The van der Waals surface area contributed by atoms with E-state index in [1.807, 2.05) is 13.8 Å². The summed E-state index contributed by atoms with van der Waals surface area (Å²) in [5, 5.41) is 26.2. The van der Waals surface area contributed by atoms with E-state index in [4.69, 9.17) is 14.6 Å². The van der Waals surface area contributed by atoms with Crippen LogP contribution in [0, 0.1) is 11.8 Å². The third kappa shape index (κ3) is 27.6. The molecule has 0 spiro atoms. The first-order valence-corrected chi connectivity index (χ1v) is 21.7. The summed E-state index contributed by atoms with van der Waals surface area (Å²) < 4.78 is 10.9. The normalized spacial score (nSPS) is 14.6. The molecule has 15 nitrogen and oxygen atoms in total. The summed E-state index contributed by atoms with van der Waals surface area (Å²) in [5.41, 5.74) is 0. The number of carbonyl (C=O) groups excluding carboxylic acids is 5. The van der Waals surface area contributed by atoms with Gasteiger partial charge in [0, 0.05) is 57.7 Å². The summed E-state index contributed by atoms with van der Waals surface area (Å²) >= 11 is 0. The summed E-state index contributed by atoms with van der Waals surface area (Å²) in [4.78, 5) is 84.5. The van der Waals surface area contributed by atoms with Crippen molar-refractivity contribution in [2.45, 2.75) is 168 Å². The Morgan fingerprint density at radius 3 is 1.51 bits per heavy atom. The molecule has 0 bridgehead atoms. The topological polar surface area (TPSA) is 218 Å². The highest BCUT2D eigenvalue weighted by Gasteiger charge is 2.39. The molecular formula is C42H74N4O11. The molecule has 15 heteroatoms. The monoisotopic (exact) mass is 811 g/mol. The lowest BCUT2D eigenvalue weighted by Crippen LogP contribution is -2.41. The van der Waals surface area contributed by atoms with E-state index in [1.54, 1.807) is 0 Å². The van der Waals surface area contributed by atoms with Gasteiger partial charge in [-0.3, -0.25) is 33.7 Å². The van der Waals surface area contributed by atoms with Crippen LogP contribution in [0.5, 0.6) is 0 Å². The van der Waals surface area contributed by atoms with E-state index in [0.29, 0.717) is 65.0 Å². The number of hydrogen-bond donors (Lipinski definition) is 5. The minimum absolute atomic E-state index is 0.00703. The van der Waals surface area contributed by atoms with Crippen LogP contribution in [0.15, 0.2) is 0 Å². The van der Waals surface area contributed by atoms with E-state index >= 15 is 0 Å². The molecule has 1 rings (SSSR count). The van der Waals surface area contributed by atoms with Crippen molar-refractivity contribution in [3.63, 3.8) is 0 Å². The average molecular weight is 811 g/mol. The van der Waals surface area contributed by atoms with Crippen LogP contribution in [-0.2, 0) is 43.0 Å². The Balaban J connectivity index is 1.93. The molecule has 5 amide bonds. The molecule has 1 saturated heterocycles. The Hall–Kier alpha value is -3.59. The number of aliphatic carboxylic acids is 2. The van der Waals surface area contributed by atoms with Gasteiger partial charge >= 0.3 is 11.9 Å². The molecule has 1 aliphatic rings. The van der Waals surface area contributed by atoms with Crippen LogP contribution in [0.3, 0.4) is 0 Å². The number of carbonyl (C=O) groups is 7. The molecule has 328 valence electrons. The highest BCUT2D eigenvalue weighted by atomic mass is 16.5. The van der Waals surface area contributed by atoms with Gasteiger partial charge in [-0.1, -0.05) is 97.3 Å². The number of nitrogens with zero attached hydrogens (tertiary/aromatic N) is 1. The number of hydrogen-bond acceptors (Lipinski definition) is 9. The Kier molecular flexibility index (Phi) is 30.1. The van der Waals surface area contributed by atoms with Gasteiger partial charge in [-0.25, -0.2) is 4.79 Å². The standard InChI is InChI=1S/C42H74N4O11/c1-33(2)34-32-39(50)46(41(34)53)27-19-15-17-20-36(47)43-25-28-56-30-31-57-29-26-44-37(48)24-23-35(42(54)55)45-38(49)21-16-13-11-9-7-5-3-4-6-8-10-12-14-18-22-40(51)52/h33-35H,3-32H2,1-2H3,(H,43,47)(H,44,48)(H,45,49)(H,51,52)(H,54,55). The second-order valence-electron chi connectivity index (χ2n) is 15.5. The van der Waals surface area contributed by atoms with Crippen molar-refractivity contribution in [1.29, 1.82) is 0 Å². The van der Waals surface area contributed by atoms with Crippen molar-refractivity contribution < 1.29 is 53.2 Å². The fourth-order valence-corrected chi connectivity index (χ4v) is 6.70. The Bertz CT molecular complexity index is 1180. The fraction of sp³-hybridized carbons (Fsp3) is 0.833. The lowest BCUT2D eigenvalue weighted by Gasteiger charge is -2.16. The van der Waals surface area contributed by atoms with Gasteiger partial charge in [0.1, 0.15) is 6.04 Å². The summed E-state index contributed by atoms with van der Waals surface area (Å²) in [6.07, 6.45) is 18.4. The Morgan fingerprint density at radius 1 is 0.614 bits per heavy atom. The number of unbranched alkanes of at least 4 members (excludes halogenated alkanes) is 15. The van der Waals surface area contributed by atoms with E-state index in [0.717, 1.165) is 44.9 Å². The number of carboxylic acid groups (broad SMARTS) is 2. The van der Waals surface area contributed by atoms with Crippen LogP contribution in [-0.4, -0.2) is 109 Å². The van der Waals surface area contributed by atoms with E-state index in [1.165, 1.54) is 49.8 Å². The zero-order chi connectivity index (χ0) is 42.1. The first-order valence-electron chi connectivity index (χ1n) is 21.7. The van der Waals surface area contributed by atoms with Crippen molar-refractivity contribution in [3.8, 4) is 0 Å². The summed E-state index contributed by atoms with van der Waals surface area (Å²) in [5.74, 6) is -2.85. The number of rotatable bonds is 38. The Labute approximate surface area is 340 Å². The molecule has 2 atom stereocenters. The minimum Gasteiger partial charge on any atom is -0.481 e. The van der Waals surface area contributed by atoms with Gasteiger partial charge < -0.3 is 35.6 Å². The van der Waals surface area contributed by atoms with Gasteiger partial charge in [-0.2, -0.15) is 0 Å². The molecule has 2 unspecified atom stereocenters. The molecule has 1 aliphatic heterocycles. The van der Waals surface area contributed by atoms with Crippen LogP contribution in [0.2, 0.25) is 0 Å². The summed E-state index contributed by atoms with van der Waals surface area (Å²) in [6, 6.07) is -1.12. The molecule has 0 aromatic rings. The highest BCUT2D eigenvalue weighted by molar-refractivity contribution is 6.03. The number of carboxylic acids is 2. The van der Waals surface area contributed by atoms with Crippen LogP contribution < -0.4 is 16.0 Å². The van der Waals surface area contributed by atoms with Crippen molar-refractivity contribution in [2.24, 2.45) is 11.8 Å². The predicted molar refractivity (Wildman–Crippen MR) is 216 cm³/mol. The Morgan fingerprint density at radius 2 is 1.05 bits per heavy atom. The highest BCUT2D eigenvalue weighted by Crippen LogP contribution is 2.26. The number of amides is 5. The van der Waals surface area contributed by atoms with Crippen LogP contribution in [0.1, 0.15) is 162 Å². The predicted octanol–water partition coefficient (Wildman–Crippen LogP) is 5.52. The lowest BCUT2D eigenvalue weighted by molar-refractivity contribution is -0.142. The molecule has 0 aliphatic carbocycles. The van der Waals surface area contributed by atoms with Crippen LogP contribution in [0.4, 0.5) is 0 Å².